The van der Waals surface area contributed by atoms with Crippen LogP contribution in [0.3, 0.4) is 0 Å². The summed E-state index contributed by atoms with van der Waals surface area (Å²) in [6, 6.07) is 2.24. The smallest absolute Gasteiger partial charge is 0.325 e. The van der Waals surface area contributed by atoms with E-state index in [1.807, 2.05) is 0 Å². The van der Waals surface area contributed by atoms with Crippen molar-refractivity contribution < 1.29 is 38.0 Å². The van der Waals surface area contributed by atoms with Gasteiger partial charge in [0.2, 0.25) is 0 Å². The summed E-state index contributed by atoms with van der Waals surface area (Å²) in [4.78, 5) is 26.8. The molecule has 2 fully saturated rings. The molecule has 2 saturated heterocycles. The van der Waals surface area contributed by atoms with Gasteiger partial charge in [-0.25, -0.2) is 0 Å². The molecule has 170 valence electrons. The van der Waals surface area contributed by atoms with E-state index < -0.39 is 11.9 Å². The van der Waals surface area contributed by atoms with Gasteiger partial charge in [-0.2, -0.15) is 5.26 Å². The van der Waals surface area contributed by atoms with Crippen molar-refractivity contribution in [2.24, 2.45) is 0 Å². The Morgan fingerprint density at radius 3 is 2.26 bits per heavy atom. The third-order valence-electron chi connectivity index (χ3n) is 4.71. The molecule has 0 aliphatic carbocycles. The Labute approximate surface area is 184 Å². The van der Waals surface area contributed by atoms with Gasteiger partial charge in [0.1, 0.15) is 43.8 Å². The molecular formula is C20H26N2O8S. The molecule has 0 saturated carbocycles. The molecule has 10 nitrogen and oxygen atoms in total. The van der Waals surface area contributed by atoms with Gasteiger partial charge < -0.3 is 33.3 Å². The van der Waals surface area contributed by atoms with Crippen LogP contribution in [0.4, 0.5) is 5.00 Å². The van der Waals surface area contributed by atoms with Crippen LogP contribution in [0.1, 0.15) is 36.0 Å². The van der Waals surface area contributed by atoms with Crippen molar-refractivity contribution in [3.63, 3.8) is 0 Å². The molecule has 1 aromatic heterocycles. The molecule has 31 heavy (non-hydrogen) atoms. The van der Waals surface area contributed by atoms with E-state index in [0.717, 1.165) is 10.4 Å². The zero-order valence-corrected chi connectivity index (χ0v) is 18.4. The number of ether oxygens (including phenoxy) is 6. The Kier molecular flexibility index (Phi) is 8.62. The molecule has 0 amide bonds. The number of carbonyl (C=O) groups is 2. The van der Waals surface area contributed by atoms with Crippen molar-refractivity contribution in [2.45, 2.75) is 32.5 Å². The van der Waals surface area contributed by atoms with Gasteiger partial charge in [0.25, 0.3) is 0 Å². The van der Waals surface area contributed by atoms with E-state index in [0.29, 0.717) is 30.2 Å². The zero-order valence-electron chi connectivity index (χ0n) is 17.6. The molecule has 0 radical (unpaired) electrons. The maximum Gasteiger partial charge on any atom is 0.325 e. The predicted octanol–water partition coefficient (Wildman–Crippen LogP) is 1.51. The number of nitriles is 1. The van der Waals surface area contributed by atoms with Crippen LogP contribution in [0, 0.1) is 11.3 Å². The van der Waals surface area contributed by atoms with Crippen molar-refractivity contribution in [2.75, 3.05) is 58.0 Å². The first-order chi connectivity index (χ1) is 15.1. The van der Waals surface area contributed by atoms with Crippen molar-refractivity contribution >= 4 is 28.3 Å². The van der Waals surface area contributed by atoms with E-state index in [-0.39, 0.29) is 52.1 Å². The van der Waals surface area contributed by atoms with E-state index in [1.165, 1.54) is 16.2 Å². The maximum absolute atomic E-state index is 12.2. The third kappa shape index (κ3) is 5.93. The minimum absolute atomic E-state index is 0.164. The van der Waals surface area contributed by atoms with Gasteiger partial charge in [0.05, 0.1) is 38.1 Å². The molecule has 2 aliphatic heterocycles. The second-order valence-electron chi connectivity index (χ2n) is 6.83. The number of carbonyl (C=O) groups excluding carboxylic acids is 2. The van der Waals surface area contributed by atoms with Gasteiger partial charge in [-0.1, -0.05) is 0 Å². The average molecular weight is 455 g/mol. The highest BCUT2D eigenvalue weighted by molar-refractivity contribution is 7.16. The Bertz CT molecular complexity index is 789. The number of hydrogen-bond acceptors (Lipinski definition) is 11. The molecule has 0 N–H and O–H groups in total. The molecule has 0 bridgehead atoms. The van der Waals surface area contributed by atoms with Crippen molar-refractivity contribution in [1.29, 1.82) is 5.26 Å². The lowest BCUT2D eigenvalue weighted by molar-refractivity contribution is -0.142. The first-order valence-corrected chi connectivity index (χ1v) is 10.9. The van der Waals surface area contributed by atoms with E-state index >= 15 is 0 Å². The van der Waals surface area contributed by atoms with Crippen LogP contribution in [0.25, 0.3) is 0 Å². The summed E-state index contributed by atoms with van der Waals surface area (Å²) in [6.45, 7) is 4.61. The normalized spacial score (nSPS) is 20.4. The van der Waals surface area contributed by atoms with Crippen LogP contribution in [0.15, 0.2) is 0 Å². The zero-order chi connectivity index (χ0) is 22.2. The second-order valence-corrected chi connectivity index (χ2v) is 7.86. The number of rotatable bonds is 10. The van der Waals surface area contributed by atoms with Gasteiger partial charge in [-0.05, 0) is 19.4 Å². The van der Waals surface area contributed by atoms with Crippen LogP contribution < -0.4 is 4.90 Å². The summed E-state index contributed by atoms with van der Waals surface area (Å²) < 4.78 is 32.0. The molecule has 2 atom stereocenters. The quantitative estimate of drug-likeness (QED) is 0.482. The topological polar surface area (TPSA) is 117 Å². The molecule has 0 aromatic carbocycles. The standard InChI is InChI=1S/C20H26N2O8S/c1-3-27-17(23)7-22(8-18(24)28-4-2)20-15(6-21)14(5-13-9-25-11-29-13)19(31-20)16-10-26-12-30-16/h13,16H,3-5,7-12H2,1-2H3. The first-order valence-electron chi connectivity index (χ1n) is 10.1. The largest absolute Gasteiger partial charge is 0.465 e. The van der Waals surface area contributed by atoms with E-state index in [1.54, 1.807) is 13.8 Å². The number of thiophene rings is 1. The highest BCUT2D eigenvalue weighted by Gasteiger charge is 2.33. The summed E-state index contributed by atoms with van der Waals surface area (Å²) in [6.07, 6.45) is -0.0873. The minimum Gasteiger partial charge on any atom is -0.465 e. The van der Waals surface area contributed by atoms with Crippen LogP contribution >= 0.6 is 11.3 Å². The molecule has 1 aromatic rings. The molecule has 2 unspecified atom stereocenters. The molecule has 11 heteroatoms. The van der Waals surface area contributed by atoms with Crippen molar-refractivity contribution in [1.82, 2.24) is 0 Å². The van der Waals surface area contributed by atoms with Crippen molar-refractivity contribution in [3.8, 4) is 6.07 Å². The molecular weight excluding hydrogens is 428 g/mol. The predicted molar refractivity (Wildman–Crippen MR) is 109 cm³/mol. The lowest BCUT2D eigenvalue weighted by Gasteiger charge is -2.21. The first kappa shape index (κ1) is 23.4. The number of hydrogen-bond donors (Lipinski definition) is 0. The molecule has 0 spiro atoms. The van der Waals surface area contributed by atoms with Crippen LogP contribution in [-0.4, -0.2) is 71.1 Å². The summed E-state index contributed by atoms with van der Waals surface area (Å²) in [5.74, 6) is -1.000. The fraction of sp³-hybridized carbons (Fsp3) is 0.650. The lowest BCUT2D eigenvalue weighted by Crippen LogP contribution is -2.36. The van der Waals surface area contributed by atoms with Crippen LogP contribution in [0.2, 0.25) is 0 Å². The molecule has 3 heterocycles. The summed E-state index contributed by atoms with van der Waals surface area (Å²) in [7, 11) is 0. The van der Waals surface area contributed by atoms with Crippen LogP contribution in [0.5, 0.6) is 0 Å². The number of nitrogens with zero attached hydrogens (tertiary/aromatic N) is 2. The van der Waals surface area contributed by atoms with Crippen molar-refractivity contribution in [3.05, 3.63) is 16.0 Å². The van der Waals surface area contributed by atoms with E-state index in [4.69, 9.17) is 28.4 Å². The van der Waals surface area contributed by atoms with Gasteiger partial charge in [-0.15, -0.1) is 11.3 Å². The van der Waals surface area contributed by atoms with Gasteiger partial charge in [0.15, 0.2) is 0 Å². The fourth-order valence-electron chi connectivity index (χ4n) is 3.40. The minimum atomic E-state index is -0.500. The number of esters is 2. The van der Waals surface area contributed by atoms with Gasteiger partial charge in [-0.3, -0.25) is 9.59 Å². The highest BCUT2D eigenvalue weighted by Crippen LogP contribution is 2.42. The monoisotopic (exact) mass is 454 g/mol. The lowest BCUT2D eigenvalue weighted by atomic mass is 10.0. The maximum atomic E-state index is 12.2. The SMILES string of the molecule is CCOC(=O)CN(CC(=O)OCC)c1sc(C2COCO2)c(CC2COCO2)c1C#N. The second kappa shape index (κ2) is 11.4. The average Bonchev–Trinajstić information content (AvgIpc) is 3.49. The highest BCUT2D eigenvalue weighted by atomic mass is 32.1. The van der Waals surface area contributed by atoms with E-state index in [9.17, 15) is 14.9 Å². The fourth-order valence-corrected chi connectivity index (χ4v) is 4.71. The third-order valence-corrected chi connectivity index (χ3v) is 6.09. The van der Waals surface area contributed by atoms with Gasteiger partial charge in [0, 0.05) is 11.3 Å². The Morgan fingerprint density at radius 2 is 1.74 bits per heavy atom. The summed E-state index contributed by atoms with van der Waals surface area (Å²) in [5.41, 5.74) is 1.13. The molecule has 3 rings (SSSR count). The summed E-state index contributed by atoms with van der Waals surface area (Å²) in [5, 5.41) is 10.5. The van der Waals surface area contributed by atoms with Crippen LogP contribution in [-0.2, 0) is 44.4 Å². The number of anilines is 1. The van der Waals surface area contributed by atoms with Gasteiger partial charge >= 0.3 is 11.9 Å². The summed E-state index contributed by atoms with van der Waals surface area (Å²) >= 11 is 1.31. The Hall–Kier alpha value is -2.23. The van der Waals surface area contributed by atoms with E-state index in [2.05, 4.69) is 6.07 Å². The Morgan fingerprint density at radius 1 is 1.10 bits per heavy atom. The Balaban J connectivity index is 1.98. The molecule has 2 aliphatic rings.